The second kappa shape index (κ2) is 8.27. The molecular formula is C16H26IN3O. The maximum Gasteiger partial charge on any atom is 0.162 e. The average Bonchev–Trinajstić information content (AvgIpc) is 2.73. The minimum atomic E-state index is -0.280. The lowest BCUT2D eigenvalue weighted by molar-refractivity contribution is -0.0623. The quantitative estimate of drug-likeness (QED) is 0.562. The third-order valence-corrected chi connectivity index (χ3v) is 4.82. The van der Waals surface area contributed by atoms with Crippen LogP contribution in [0.1, 0.15) is 64.6 Å². The molecule has 118 valence electrons. The topological polar surface area (TPSA) is 47.0 Å². The van der Waals surface area contributed by atoms with Crippen molar-refractivity contribution in [2.24, 2.45) is 0 Å². The van der Waals surface area contributed by atoms with E-state index in [0.29, 0.717) is 6.61 Å². The van der Waals surface area contributed by atoms with Crippen molar-refractivity contribution >= 4 is 28.4 Å². The number of rotatable bonds is 6. The number of hydrogen-bond donors (Lipinski definition) is 1. The van der Waals surface area contributed by atoms with Gasteiger partial charge in [0.05, 0.1) is 3.57 Å². The molecule has 1 aromatic heterocycles. The minimum Gasteiger partial charge on any atom is -0.369 e. The van der Waals surface area contributed by atoms with Crippen molar-refractivity contribution in [2.75, 3.05) is 18.5 Å². The predicted octanol–water partition coefficient (Wildman–Crippen LogP) is 4.49. The standard InChI is InChI=1S/C16H26IN3O/c1-3-11-18-14-13(17)12-19-15(20-14)16(21-4-2)9-7-5-6-8-10-16/h12H,3-11H2,1-2H3,(H,18,19,20). The van der Waals surface area contributed by atoms with Gasteiger partial charge in [0, 0.05) is 19.3 Å². The molecule has 0 spiro atoms. The maximum absolute atomic E-state index is 6.18. The molecule has 1 heterocycles. The third kappa shape index (κ3) is 4.28. The molecule has 1 aliphatic rings. The molecule has 0 atom stereocenters. The van der Waals surface area contributed by atoms with E-state index in [0.717, 1.165) is 41.0 Å². The van der Waals surface area contributed by atoms with Crippen LogP contribution in [0.5, 0.6) is 0 Å². The highest BCUT2D eigenvalue weighted by molar-refractivity contribution is 14.1. The summed E-state index contributed by atoms with van der Waals surface area (Å²) < 4.78 is 7.25. The van der Waals surface area contributed by atoms with Gasteiger partial charge in [0.2, 0.25) is 0 Å². The SMILES string of the molecule is CCCNc1nc(C2(OCC)CCCCCC2)ncc1I. The van der Waals surface area contributed by atoms with Crippen molar-refractivity contribution in [1.29, 1.82) is 0 Å². The summed E-state index contributed by atoms with van der Waals surface area (Å²) in [7, 11) is 0. The van der Waals surface area contributed by atoms with E-state index in [2.05, 4.69) is 46.7 Å². The lowest BCUT2D eigenvalue weighted by Crippen LogP contribution is -2.32. The lowest BCUT2D eigenvalue weighted by Gasteiger charge is -2.31. The molecule has 0 aromatic carbocycles. The molecule has 0 saturated heterocycles. The van der Waals surface area contributed by atoms with E-state index < -0.39 is 0 Å². The Balaban J connectivity index is 2.30. The first kappa shape index (κ1) is 16.9. The maximum atomic E-state index is 6.18. The van der Waals surface area contributed by atoms with E-state index in [9.17, 15) is 0 Å². The molecule has 21 heavy (non-hydrogen) atoms. The second-order valence-electron chi connectivity index (χ2n) is 5.66. The Morgan fingerprint density at radius 2 is 1.95 bits per heavy atom. The van der Waals surface area contributed by atoms with Crippen molar-refractivity contribution in [3.05, 3.63) is 15.6 Å². The van der Waals surface area contributed by atoms with Gasteiger partial charge >= 0.3 is 0 Å². The first-order chi connectivity index (χ1) is 10.2. The van der Waals surface area contributed by atoms with Gasteiger partial charge in [-0.15, -0.1) is 0 Å². The monoisotopic (exact) mass is 403 g/mol. The Labute approximate surface area is 141 Å². The van der Waals surface area contributed by atoms with Crippen LogP contribution in [0.15, 0.2) is 6.20 Å². The van der Waals surface area contributed by atoms with Gasteiger partial charge in [-0.3, -0.25) is 0 Å². The van der Waals surface area contributed by atoms with Crippen LogP contribution in [-0.2, 0) is 10.3 Å². The summed E-state index contributed by atoms with van der Waals surface area (Å²) in [5.41, 5.74) is -0.280. The first-order valence-electron chi connectivity index (χ1n) is 8.12. The average molecular weight is 403 g/mol. The van der Waals surface area contributed by atoms with Crippen molar-refractivity contribution in [3.63, 3.8) is 0 Å². The molecule has 0 amide bonds. The summed E-state index contributed by atoms with van der Waals surface area (Å²) in [6, 6.07) is 0. The normalized spacial score (nSPS) is 18.2. The zero-order chi connectivity index (χ0) is 15.1. The van der Waals surface area contributed by atoms with Crippen LogP contribution in [-0.4, -0.2) is 23.1 Å². The van der Waals surface area contributed by atoms with Crippen molar-refractivity contribution in [2.45, 2.75) is 64.4 Å². The summed E-state index contributed by atoms with van der Waals surface area (Å²) in [5.74, 6) is 1.82. The summed E-state index contributed by atoms with van der Waals surface area (Å²) in [4.78, 5) is 9.43. The molecule has 1 N–H and O–H groups in total. The number of ether oxygens (including phenoxy) is 1. The summed E-state index contributed by atoms with van der Waals surface area (Å²) >= 11 is 2.29. The first-order valence-corrected chi connectivity index (χ1v) is 9.20. The highest BCUT2D eigenvalue weighted by Crippen LogP contribution is 2.38. The molecule has 0 unspecified atom stereocenters. The van der Waals surface area contributed by atoms with Crippen molar-refractivity contribution in [1.82, 2.24) is 9.97 Å². The van der Waals surface area contributed by atoms with Crippen LogP contribution < -0.4 is 5.32 Å². The predicted molar refractivity (Wildman–Crippen MR) is 94.5 cm³/mol. The Bertz CT molecular complexity index is 445. The summed E-state index contributed by atoms with van der Waals surface area (Å²) in [6.07, 6.45) is 10.1. The molecular weight excluding hydrogens is 377 g/mol. The van der Waals surface area contributed by atoms with Gasteiger partial charge in [0.15, 0.2) is 5.82 Å². The van der Waals surface area contributed by atoms with Crippen LogP contribution in [0.4, 0.5) is 5.82 Å². The molecule has 1 aliphatic carbocycles. The van der Waals surface area contributed by atoms with Gasteiger partial charge in [-0.05, 0) is 48.8 Å². The molecule has 1 aromatic rings. The smallest absolute Gasteiger partial charge is 0.162 e. The fraction of sp³-hybridized carbons (Fsp3) is 0.750. The molecule has 0 bridgehead atoms. The van der Waals surface area contributed by atoms with E-state index in [1.165, 1.54) is 25.7 Å². The fourth-order valence-corrected chi connectivity index (χ4v) is 3.41. The van der Waals surface area contributed by atoms with Crippen LogP contribution in [0.25, 0.3) is 0 Å². The third-order valence-electron chi connectivity index (χ3n) is 4.03. The van der Waals surface area contributed by atoms with Crippen molar-refractivity contribution in [3.8, 4) is 0 Å². The largest absolute Gasteiger partial charge is 0.369 e. The van der Waals surface area contributed by atoms with E-state index in [-0.39, 0.29) is 5.60 Å². The van der Waals surface area contributed by atoms with Gasteiger partial charge in [0.25, 0.3) is 0 Å². The van der Waals surface area contributed by atoms with Gasteiger partial charge in [-0.2, -0.15) is 0 Å². The number of aromatic nitrogens is 2. The Hall–Kier alpha value is -0.430. The molecule has 1 fully saturated rings. The number of nitrogens with zero attached hydrogens (tertiary/aromatic N) is 2. The molecule has 0 radical (unpaired) electrons. The van der Waals surface area contributed by atoms with Crippen molar-refractivity contribution < 1.29 is 4.74 Å². The highest BCUT2D eigenvalue weighted by Gasteiger charge is 2.36. The summed E-state index contributed by atoms with van der Waals surface area (Å²) in [6.45, 7) is 5.88. The molecule has 4 nitrogen and oxygen atoms in total. The minimum absolute atomic E-state index is 0.280. The van der Waals surface area contributed by atoms with E-state index in [1.807, 2.05) is 6.20 Å². The fourth-order valence-electron chi connectivity index (χ4n) is 2.96. The Kier molecular flexibility index (Phi) is 6.67. The van der Waals surface area contributed by atoms with Crippen LogP contribution >= 0.6 is 22.6 Å². The number of hydrogen-bond acceptors (Lipinski definition) is 4. The van der Waals surface area contributed by atoms with Crippen LogP contribution in [0, 0.1) is 3.57 Å². The van der Waals surface area contributed by atoms with Crippen LogP contribution in [0.2, 0.25) is 0 Å². The van der Waals surface area contributed by atoms with Gasteiger partial charge < -0.3 is 10.1 Å². The molecule has 5 heteroatoms. The number of anilines is 1. The van der Waals surface area contributed by atoms with Gasteiger partial charge in [-0.1, -0.05) is 32.6 Å². The Morgan fingerprint density at radius 3 is 2.57 bits per heavy atom. The van der Waals surface area contributed by atoms with Gasteiger partial charge in [-0.25, -0.2) is 9.97 Å². The molecule has 1 saturated carbocycles. The zero-order valence-electron chi connectivity index (χ0n) is 13.1. The molecule has 2 rings (SSSR count). The lowest BCUT2D eigenvalue weighted by atomic mass is 9.93. The summed E-state index contributed by atoms with van der Waals surface area (Å²) in [5, 5.41) is 3.40. The highest BCUT2D eigenvalue weighted by atomic mass is 127. The number of halogens is 1. The molecule has 0 aliphatic heterocycles. The van der Waals surface area contributed by atoms with E-state index in [4.69, 9.17) is 9.72 Å². The Morgan fingerprint density at radius 1 is 1.24 bits per heavy atom. The zero-order valence-corrected chi connectivity index (χ0v) is 15.3. The number of nitrogens with one attached hydrogen (secondary N) is 1. The van der Waals surface area contributed by atoms with Gasteiger partial charge in [0.1, 0.15) is 11.4 Å². The second-order valence-corrected chi connectivity index (χ2v) is 6.82. The van der Waals surface area contributed by atoms with E-state index in [1.54, 1.807) is 0 Å². The van der Waals surface area contributed by atoms with E-state index >= 15 is 0 Å². The van der Waals surface area contributed by atoms with Crippen LogP contribution in [0.3, 0.4) is 0 Å².